The molecule has 122 valence electrons. The summed E-state index contributed by atoms with van der Waals surface area (Å²) in [4.78, 5) is 18.6. The summed E-state index contributed by atoms with van der Waals surface area (Å²) in [5, 5.41) is 9.35. The van der Waals surface area contributed by atoms with Crippen molar-refractivity contribution >= 4 is 53.4 Å². The van der Waals surface area contributed by atoms with Crippen LogP contribution >= 0.6 is 47.5 Å². The Morgan fingerprint density at radius 3 is 2.95 bits per heavy atom. The van der Waals surface area contributed by atoms with Crippen LogP contribution in [0, 0.1) is 6.92 Å². The number of aromatic nitrogens is 1. The van der Waals surface area contributed by atoms with E-state index in [0.717, 1.165) is 33.4 Å². The molecule has 2 N–H and O–H groups in total. The van der Waals surface area contributed by atoms with E-state index in [1.54, 1.807) is 11.3 Å². The van der Waals surface area contributed by atoms with Gasteiger partial charge in [-0.25, -0.2) is 4.98 Å². The van der Waals surface area contributed by atoms with Gasteiger partial charge in [-0.3, -0.25) is 4.79 Å². The Balaban J connectivity index is 0.00000121. The number of carbonyl (C=O) groups excluding carboxylic acids is 1. The van der Waals surface area contributed by atoms with Gasteiger partial charge in [0.25, 0.3) is 5.91 Å². The molecule has 0 saturated carbocycles. The van der Waals surface area contributed by atoms with Crippen LogP contribution in [0.1, 0.15) is 28.2 Å². The van der Waals surface area contributed by atoms with Gasteiger partial charge in [-0.2, -0.15) is 0 Å². The number of hydrogen-bond donors (Lipinski definition) is 2. The fourth-order valence-corrected chi connectivity index (χ4v) is 4.12. The Kier molecular flexibility index (Phi) is 7.79. The highest BCUT2D eigenvalue weighted by Crippen LogP contribution is 2.30. The molecule has 1 unspecified atom stereocenters. The fourth-order valence-electron chi connectivity index (χ4n) is 2.34. The molecule has 8 heteroatoms. The van der Waals surface area contributed by atoms with E-state index in [1.165, 1.54) is 17.8 Å². The number of hydrogen-bond acceptors (Lipinski definition) is 5. The fraction of sp³-hybridized carbons (Fsp3) is 0.429. The number of nitrogens with one attached hydrogen (secondary N) is 2. The summed E-state index contributed by atoms with van der Waals surface area (Å²) >= 11 is 3.12. The molecule has 0 radical (unpaired) electrons. The van der Waals surface area contributed by atoms with E-state index in [1.807, 2.05) is 24.4 Å². The van der Waals surface area contributed by atoms with Crippen molar-refractivity contribution in [2.24, 2.45) is 0 Å². The molecule has 0 aromatic carbocycles. The third kappa shape index (κ3) is 4.43. The Morgan fingerprint density at radius 1 is 1.50 bits per heavy atom. The van der Waals surface area contributed by atoms with Crippen LogP contribution in [0.25, 0.3) is 9.88 Å². The van der Waals surface area contributed by atoms with E-state index in [0.29, 0.717) is 12.6 Å². The normalized spacial score (nSPS) is 16.7. The molecule has 3 rings (SSSR count). The summed E-state index contributed by atoms with van der Waals surface area (Å²) in [5.74, 6) is -0.00324. The van der Waals surface area contributed by atoms with Gasteiger partial charge in [0.2, 0.25) is 0 Å². The maximum Gasteiger partial charge on any atom is 0.263 e. The number of amides is 1. The summed E-state index contributed by atoms with van der Waals surface area (Å²) in [7, 11) is 0. The van der Waals surface area contributed by atoms with E-state index < -0.39 is 0 Å². The minimum absolute atomic E-state index is 0. The number of nitrogens with zero attached hydrogens (tertiary/aromatic N) is 1. The molecule has 1 saturated heterocycles. The molecular weight excluding hydrogens is 361 g/mol. The SMILES string of the molecule is Cc1nc(-c2cccs2)sc1C(=O)NCC1CCCN1.Cl.Cl. The molecule has 1 aliphatic heterocycles. The van der Waals surface area contributed by atoms with Crippen molar-refractivity contribution in [3.8, 4) is 9.88 Å². The number of aryl methyl sites for hydroxylation is 1. The largest absolute Gasteiger partial charge is 0.350 e. The first kappa shape index (κ1) is 19.4. The Hall–Kier alpha value is -0.660. The minimum Gasteiger partial charge on any atom is -0.350 e. The van der Waals surface area contributed by atoms with Crippen molar-refractivity contribution in [2.45, 2.75) is 25.8 Å². The van der Waals surface area contributed by atoms with Gasteiger partial charge in [0.05, 0.1) is 10.6 Å². The van der Waals surface area contributed by atoms with E-state index in [4.69, 9.17) is 0 Å². The molecule has 1 fully saturated rings. The van der Waals surface area contributed by atoms with Crippen LogP contribution in [0.2, 0.25) is 0 Å². The van der Waals surface area contributed by atoms with Crippen LogP contribution in [0.5, 0.6) is 0 Å². The summed E-state index contributed by atoms with van der Waals surface area (Å²) in [6, 6.07) is 4.46. The smallest absolute Gasteiger partial charge is 0.263 e. The lowest BCUT2D eigenvalue weighted by atomic mass is 10.2. The third-order valence-corrected chi connectivity index (χ3v) is 5.60. The van der Waals surface area contributed by atoms with E-state index in [-0.39, 0.29) is 30.7 Å². The van der Waals surface area contributed by atoms with Crippen molar-refractivity contribution in [2.75, 3.05) is 13.1 Å². The molecular formula is C14H19Cl2N3OS2. The molecule has 2 aromatic heterocycles. The maximum absolute atomic E-state index is 12.2. The van der Waals surface area contributed by atoms with Crippen LogP contribution in [0.15, 0.2) is 17.5 Å². The number of thiazole rings is 1. The molecule has 4 nitrogen and oxygen atoms in total. The van der Waals surface area contributed by atoms with E-state index in [9.17, 15) is 4.79 Å². The monoisotopic (exact) mass is 379 g/mol. The van der Waals surface area contributed by atoms with Gasteiger partial charge in [-0.15, -0.1) is 47.5 Å². The highest BCUT2D eigenvalue weighted by molar-refractivity contribution is 7.22. The molecule has 22 heavy (non-hydrogen) atoms. The summed E-state index contributed by atoms with van der Waals surface area (Å²) in [6.07, 6.45) is 2.34. The summed E-state index contributed by atoms with van der Waals surface area (Å²) in [6.45, 7) is 3.66. The summed E-state index contributed by atoms with van der Waals surface area (Å²) in [5.41, 5.74) is 0.815. The third-order valence-electron chi connectivity index (χ3n) is 3.41. The lowest BCUT2D eigenvalue weighted by Gasteiger charge is -2.10. The van der Waals surface area contributed by atoms with Crippen LogP contribution in [-0.2, 0) is 0 Å². The number of thiophene rings is 1. The number of halogens is 2. The van der Waals surface area contributed by atoms with E-state index in [2.05, 4.69) is 15.6 Å². The number of rotatable bonds is 4. The minimum atomic E-state index is -0.00324. The molecule has 1 aliphatic rings. The highest BCUT2D eigenvalue weighted by atomic mass is 35.5. The van der Waals surface area contributed by atoms with Crippen molar-refractivity contribution in [1.82, 2.24) is 15.6 Å². The predicted octanol–water partition coefficient (Wildman–Crippen LogP) is 3.51. The van der Waals surface area contributed by atoms with E-state index >= 15 is 0 Å². The molecule has 3 heterocycles. The van der Waals surface area contributed by atoms with Crippen LogP contribution < -0.4 is 10.6 Å². The van der Waals surface area contributed by atoms with Gasteiger partial charge in [0.1, 0.15) is 9.88 Å². The first-order valence-corrected chi connectivity index (χ1v) is 8.46. The molecule has 0 bridgehead atoms. The molecule has 1 atom stereocenters. The zero-order chi connectivity index (χ0) is 13.9. The van der Waals surface area contributed by atoms with Gasteiger partial charge >= 0.3 is 0 Å². The predicted molar refractivity (Wildman–Crippen MR) is 98.0 cm³/mol. The van der Waals surface area contributed by atoms with Gasteiger partial charge in [-0.05, 0) is 37.8 Å². The second-order valence-corrected chi connectivity index (χ2v) is 6.86. The van der Waals surface area contributed by atoms with Gasteiger partial charge in [-0.1, -0.05) is 6.07 Å². The quantitative estimate of drug-likeness (QED) is 0.854. The summed E-state index contributed by atoms with van der Waals surface area (Å²) < 4.78 is 0. The van der Waals surface area contributed by atoms with Gasteiger partial charge < -0.3 is 10.6 Å². The Labute approximate surface area is 150 Å². The molecule has 1 amide bonds. The van der Waals surface area contributed by atoms with Gasteiger partial charge in [0, 0.05) is 12.6 Å². The van der Waals surface area contributed by atoms with Crippen molar-refractivity contribution in [3.63, 3.8) is 0 Å². The van der Waals surface area contributed by atoms with Crippen molar-refractivity contribution in [3.05, 3.63) is 28.1 Å². The van der Waals surface area contributed by atoms with Gasteiger partial charge in [0.15, 0.2) is 0 Å². The van der Waals surface area contributed by atoms with Crippen LogP contribution in [-0.4, -0.2) is 30.0 Å². The topological polar surface area (TPSA) is 54.0 Å². The number of carbonyl (C=O) groups is 1. The van der Waals surface area contributed by atoms with Crippen molar-refractivity contribution < 1.29 is 4.79 Å². The molecule has 0 spiro atoms. The Morgan fingerprint density at radius 2 is 2.32 bits per heavy atom. The lowest BCUT2D eigenvalue weighted by molar-refractivity contribution is 0.0953. The standard InChI is InChI=1S/C14H17N3OS2.2ClH/c1-9-12(13(18)16-8-10-4-2-6-15-10)20-14(17-9)11-5-3-7-19-11;;/h3,5,7,10,15H,2,4,6,8H2,1H3,(H,16,18);2*1H. The first-order chi connectivity index (χ1) is 9.74. The average Bonchev–Trinajstić information content (AvgIpc) is 3.17. The van der Waals surface area contributed by atoms with Crippen LogP contribution in [0.3, 0.4) is 0 Å². The van der Waals surface area contributed by atoms with Crippen molar-refractivity contribution in [1.29, 1.82) is 0 Å². The highest BCUT2D eigenvalue weighted by Gasteiger charge is 2.19. The average molecular weight is 380 g/mol. The first-order valence-electron chi connectivity index (χ1n) is 6.77. The maximum atomic E-state index is 12.2. The zero-order valence-corrected chi connectivity index (χ0v) is 15.4. The zero-order valence-electron chi connectivity index (χ0n) is 12.1. The Bertz CT molecular complexity index is 595. The second kappa shape index (κ2) is 8.84. The molecule has 2 aromatic rings. The molecule has 0 aliphatic carbocycles. The second-order valence-electron chi connectivity index (χ2n) is 4.91. The van der Waals surface area contributed by atoms with Crippen LogP contribution in [0.4, 0.5) is 0 Å². The lowest BCUT2D eigenvalue weighted by Crippen LogP contribution is -2.37.